The van der Waals surface area contributed by atoms with Gasteiger partial charge in [0.2, 0.25) is 0 Å². The molecule has 2 unspecified atom stereocenters. The standard InChI is InChI=1S/C16H13BrFNO2/c17-16-12(8-11-3-1-2-4-15(11)16)5-10-6-13(18)9-14(7-10)19(20)21/h1-4,6-7,9,12,16H,5,8H2. The average Bonchev–Trinajstić information content (AvgIpc) is 2.75. The molecule has 5 heteroatoms. The third-order valence-corrected chi connectivity index (χ3v) is 5.14. The molecule has 0 amide bonds. The highest BCUT2D eigenvalue weighted by Crippen LogP contribution is 2.43. The molecule has 0 spiro atoms. The van der Waals surface area contributed by atoms with E-state index >= 15 is 0 Å². The maximum absolute atomic E-state index is 13.5. The van der Waals surface area contributed by atoms with Gasteiger partial charge in [-0.2, -0.15) is 0 Å². The van der Waals surface area contributed by atoms with Crippen LogP contribution in [-0.4, -0.2) is 4.92 Å². The second-order valence-corrected chi connectivity index (χ2v) is 6.33. The van der Waals surface area contributed by atoms with E-state index in [0.29, 0.717) is 12.0 Å². The van der Waals surface area contributed by atoms with Crippen molar-refractivity contribution in [2.75, 3.05) is 0 Å². The van der Waals surface area contributed by atoms with Crippen molar-refractivity contribution in [2.45, 2.75) is 17.7 Å². The molecule has 3 rings (SSSR count). The molecule has 0 saturated heterocycles. The van der Waals surface area contributed by atoms with E-state index in [-0.39, 0.29) is 16.4 Å². The predicted octanol–water partition coefficient (Wildman–Crippen LogP) is 4.58. The molecule has 3 nitrogen and oxygen atoms in total. The van der Waals surface area contributed by atoms with Crippen LogP contribution in [0.15, 0.2) is 42.5 Å². The number of fused-ring (bicyclic) bond motifs is 1. The molecule has 1 aliphatic rings. The number of hydrogen-bond acceptors (Lipinski definition) is 2. The monoisotopic (exact) mass is 349 g/mol. The molecular formula is C16H13BrFNO2. The van der Waals surface area contributed by atoms with Crippen molar-refractivity contribution in [3.63, 3.8) is 0 Å². The number of nitro benzene ring substituents is 1. The minimum Gasteiger partial charge on any atom is -0.258 e. The van der Waals surface area contributed by atoms with Gasteiger partial charge in [0.15, 0.2) is 0 Å². The summed E-state index contributed by atoms with van der Waals surface area (Å²) in [6.07, 6.45) is 1.51. The van der Waals surface area contributed by atoms with Crippen molar-refractivity contribution in [3.05, 3.63) is 75.1 Å². The summed E-state index contributed by atoms with van der Waals surface area (Å²) in [5.41, 5.74) is 3.03. The molecule has 0 N–H and O–H groups in total. The Hall–Kier alpha value is -1.75. The molecule has 2 atom stereocenters. The van der Waals surface area contributed by atoms with E-state index in [9.17, 15) is 14.5 Å². The first-order chi connectivity index (χ1) is 10.0. The van der Waals surface area contributed by atoms with Crippen molar-refractivity contribution in [2.24, 2.45) is 5.92 Å². The number of nitrogens with zero attached hydrogens (tertiary/aromatic N) is 1. The maximum atomic E-state index is 13.5. The van der Waals surface area contributed by atoms with Crippen molar-refractivity contribution in [1.29, 1.82) is 0 Å². The summed E-state index contributed by atoms with van der Waals surface area (Å²) in [6.45, 7) is 0. The van der Waals surface area contributed by atoms with E-state index in [2.05, 4.69) is 28.1 Å². The minimum absolute atomic E-state index is 0.188. The molecular weight excluding hydrogens is 337 g/mol. The van der Waals surface area contributed by atoms with Crippen LogP contribution in [0.2, 0.25) is 0 Å². The van der Waals surface area contributed by atoms with Crippen molar-refractivity contribution >= 4 is 21.6 Å². The van der Waals surface area contributed by atoms with E-state index in [0.717, 1.165) is 12.5 Å². The van der Waals surface area contributed by atoms with E-state index in [1.54, 1.807) is 0 Å². The lowest BCUT2D eigenvalue weighted by atomic mass is 9.96. The molecule has 0 radical (unpaired) electrons. The Morgan fingerprint density at radius 2 is 2.05 bits per heavy atom. The van der Waals surface area contributed by atoms with Crippen LogP contribution in [0.4, 0.5) is 10.1 Å². The van der Waals surface area contributed by atoms with Crippen LogP contribution in [-0.2, 0) is 12.8 Å². The summed E-state index contributed by atoms with van der Waals surface area (Å²) < 4.78 is 13.5. The van der Waals surface area contributed by atoms with Crippen LogP contribution in [0.5, 0.6) is 0 Å². The number of hydrogen-bond donors (Lipinski definition) is 0. The number of benzene rings is 2. The molecule has 2 aromatic carbocycles. The summed E-state index contributed by atoms with van der Waals surface area (Å²) >= 11 is 3.70. The third-order valence-electron chi connectivity index (χ3n) is 3.90. The topological polar surface area (TPSA) is 43.1 Å². The third kappa shape index (κ3) is 2.83. The lowest BCUT2D eigenvalue weighted by Gasteiger charge is -2.14. The smallest absolute Gasteiger partial charge is 0.258 e. The predicted molar refractivity (Wildman–Crippen MR) is 82.1 cm³/mol. The maximum Gasteiger partial charge on any atom is 0.272 e. The Labute approximate surface area is 130 Å². The summed E-state index contributed by atoms with van der Waals surface area (Å²) in [5, 5.41) is 10.8. The lowest BCUT2D eigenvalue weighted by Crippen LogP contribution is -2.07. The first-order valence-electron chi connectivity index (χ1n) is 6.70. The van der Waals surface area contributed by atoms with E-state index < -0.39 is 10.7 Å². The molecule has 108 valence electrons. The van der Waals surface area contributed by atoms with Gasteiger partial charge in [-0.25, -0.2) is 4.39 Å². The van der Waals surface area contributed by atoms with Gasteiger partial charge in [0, 0.05) is 10.9 Å². The van der Waals surface area contributed by atoms with Crippen molar-refractivity contribution in [1.82, 2.24) is 0 Å². The van der Waals surface area contributed by atoms with Crippen LogP contribution in [0, 0.1) is 21.8 Å². The van der Waals surface area contributed by atoms with Gasteiger partial charge in [-0.1, -0.05) is 40.2 Å². The van der Waals surface area contributed by atoms with Crippen LogP contribution in [0.3, 0.4) is 0 Å². The van der Waals surface area contributed by atoms with Gasteiger partial charge in [-0.3, -0.25) is 10.1 Å². The summed E-state index contributed by atoms with van der Waals surface area (Å²) in [7, 11) is 0. The first kappa shape index (κ1) is 14.2. The largest absolute Gasteiger partial charge is 0.272 e. The highest BCUT2D eigenvalue weighted by atomic mass is 79.9. The van der Waals surface area contributed by atoms with Crippen LogP contribution in [0.25, 0.3) is 0 Å². The van der Waals surface area contributed by atoms with Gasteiger partial charge in [-0.15, -0.1) is 0 Å². The van der Waals surface area contributed by atoms with Gasteiger partial charge >= 0.3 is 0 Å². The van der Waals surface area contributed by atoms with Crippen LogP contribution in [0.1, 0.15) is 21.5 Å². The van der Waals surface area contributed by atoms with E-state index in [1.807, 2.05) is 12.1 Å². The highest BCUT2D eigenvalue weighted by molar-refractivity contribution is 9.09. The van der Waals surface area contributed by atoms with Crippen molar-refractivity contribution < 1.29 is 9.31 Å². The summed E-state index contributed by atoms with van der Waals surface area (Å²) in [4.78, 5) is 10.5. The molecule has 0 heterocycles. The number of halogens is 2. The number of non-ortho nitro benzene ring substituents is 1. The fourth-order valence-corrected chi connectivity index (χ4v) is 3.78. The summed E-state index contributed by atoms with van der Waals surface area (Å²) in [6, 6.07) is 12.0. The average molecular weight is 350 g/mol. The van der Waals surface area contributed by atoms with Gasteiger partial charge in [0.1, 0.15) is 5.82 Å². The number of rotatable bonds is 3. The van der Waals surface area contributed by atoms with Gasteiger partial charge < -0.3 is 0 Å². The molecule has 0 aromatic heterocycles. The van der Waals surface area contributed by atoms with Gasteiger partial charge in [0.25, 0.3) is 5.69 Å². The Balaban J connectivity index is 1.84. The number of alkyl halides is 1. The van der Waals surface area contributed by atoms with Crippen LogP contribution >= 0.6 is 15.9 Å². The second kappa shape index (κ2) is 5.56. The Morgan fingerprint density at radius 3 is 2.76 bits per heavy atom. The fourth-order valence-electron chi connectivity index (χ4n) is 2.96. The number of nitro groups is 1. The Bertz CT molecular complexity index is 704. The molecule has 0 bridgehead atoms. The molecule has 1 aliphatic carbocycles. The van der Waals surface area contributed by atoms with Crippen molar-refractivity contribution in [3.8, 4) is 0 Å². The quantitative estimate of drug-likeness (QED) is 0.462. The Morgan fingerprint density at radius 1 is 1.29 bits per heavy atom. The first-order valence-corrected chi connectivity index (χ1v) is 7.62. The fraction of sp³-hybridized carbons (Fsp3) is 0.250. The van der Waals surface area contributed by atoms with E-state index in [1.165, 1.54) is 23.3 Å². The molecule has 0 saturated carbocycles. The molecule has 2 aromatic rings. The second-order valence-electron chi connectivity index (χ2n) is 5.34. The van der Waals surface area contributed by atoms with Gasteiger partial charge in [0.05, 0.1) is 11.0 Å². The molecule has 21 heavy (non-hydrogen) atoms. The molecule has 0 aliphatic heterocycles. The SMILES string of the molecule is O=[N+]([O-])c1cc(F)cc(CC2Cc3ccccc3C2Br)c1. The van der Waals surface area contributed by atoms with Crippen LogP contribution < -0.4 is 0 Å². The zero-order valence-electron chi connectivity index (χ0n) is 11.1. The normalized spacial score (nSPS) is 20.3. The zero-order chi connectivity index (χ0) is 15.0. The molecule has 0 fully saturated rings. The summed E-state index contributed by atoms with van der Waals surface area (Å²) in [5.74, 6) is -0.273. The highest BCUT2D eigenvalue weighted by Gasteiger charge is 2.30. The minimum atomic E-state index is -0.555. The lowest BCUT2D eigenvalue weighted by molar-refractivity contribution is -0.385. The Kier molecular flexibility index (Phi) is 3.76. The van der Waals surface area contributed by atoms with Gasteiger partial charge in [-0.05, 0) is 41.5 Å². The van der Waals surface area contributed by atoms with E-state index in [4.69, 9.17) is 0 Å². The zero-order valence-corrected chi connectivity index (χ0v) is 12.7.